The Labute approximate surface area is 140 Å². The fourth-order valence-corrected chi connectivity index (χ4v) is 4.08. The van der Waals surface area contributed by atoms with Crippen molar-refractivity contribution in [3.63, 3.8) is 0 Å². The molecule has 23 heavy (non-hydrogen) atoms. The van der Waals surface area contributed by atoms with Gasteiger partial charge in [0, 0.05) is 11.3 Å². The van der Waals surface area contributed by atoms with Crippen LogP contribution in [0.2, 0.25) is 0 Å². The summed E-state index contributed by atoms with van der Waals surface area (Å²) in [6, 6.07) is 4.96. The third-order valence-corrected chi connectivity index (χ3v) is 4.91. The summed E-state index contributed by atoms with van der Waals surface area (Å²) < 4.78 is 18.7. The van der Waals surface area contributed by atoms with E-state index in [-0.39, 0.29) is 22.9 Å². The second kappa shape index (κ2) is 7.81. The first-order valence-corrected chi connectivity index (χ1v) is 8.89. The van der Waals surface area contributed by atoms with Crippen molar-refractivity contribution in [3.05, 3.63) is 35.6 Å². The van der Waals surface area contributed by atoms with E-state index >= 15 is 0 Å². The van der Waals surface area contributed by atoms with Crippen molar-refractivity contribution < 1.29 is 18.7 Å². The zero-order valence-corrected chi connectivity index (χ0v) is 14.4. The van der Waals surface area contributed by atoms with Crippen LogP contribution in [0.1, 0.15) is 44.0 Å². The molecule has 6 heteroatoms. The first kappa shape index (κ1) is 17.8. The molecule has 1 aliphatic heterocycles. The van der Waals surface area contributed by atoms with Crippen molar-refractivity contribution in [1.29, 1.82) is 0 Å². The van der Waals surface area contributed by atoms with Gasteiger partial charge in [-0.3, -0.25) is 4.79 Å². The summed E-state index contributed by atoms with van der Waals surface area (Å²) in [4.78, 5) is 26.7. The maximum Gasteiger partial charge on any atom is 0.330 e. The van der Waals surface area contributed by atoms with Crippen molar-refractivity contribution in [2.45, 2.75) is 51.1 Å². The van der Waals surface area contributed by atoms with Gasteiger partial charge >= 0.3 is 5.97 Å². The van der Waals surface area contributed by atoms with E-state index in [1.54, 1.807) is 36.6 Å². The number of thioether (sulfide) groups is 1. The average molecular weight is 339 g/mol. The van der Waals surface area contributed by atoms with Crippen LogP contribution in [0.3, 0.4) is 0 Å². The lowest BCUT2D eigenvalue weighted by molar-refractivity contribution is -0.151. The molecule has 1 aliphatic rings. The molecule has 0 spiro atoms. The number of amides is 1. The fraction of sp³-hybridized carbons (Fsp3) is 0.529. The number of hydrogen-bond acceptors (Lipinski definition) is 4. The van der Waals surface area contributed by atoms with Crippen LogP contribution in [-0.2, 0) is 9.53 Å². The molecule has 0 N–H and O–H groups in total. The first-order chi connectivity index (χ1) is 10.9. The molecule has 1 heterocycles. The van der Waals surface area contributed by atoms with Crippen molar-refractivity contribution in [1.82, 2.24) is 4.90 Å². The highest BCUT2D eigenvalue weighted by molar-refractivity contribution is 8.00. The zero-order valence-electron chi connectivity index (χ0n) is 13.6. The lowest BCUT2D eigenvalue weighted by atomic mass is 10.1. The number of nitrogens with zero attached hydrogens (tertiary/aromatic N) is 1. The third kappa shape index (κ3) is 4.25. The minimum absolute atomic E-state index is 0.0829. The topological polar surface area (TPSA) is 46.6 Å². The molecule has 0 aliphatic carbocycles. The number of rotatable bonds is 5. The summed E-state index contributed by atoms with van der Waals surface area (Å²) in [5.41, 5.74) is 0.260. The van der Waals surface area contributed by atoms with Crippen molar-refractivity contribution in [3.8, 4) is 0 Å². The van der Waals surface area contributed by atoms with E-state index in [1.807, 2.05) is 6.92 Å². The molecule has 1 aromatic carbocycles. The van der Waals surface area contributed by atoms with E-state index in [2.05, 4.69) is 0 Å². The Balaban J connectivity index is 2.26. The Bertz CT molecular complexity index is 579. The number of carbonyl (C=O) groups excluding carboxylic acids is 2. The third-order valence-electron chi connectivity index (χ3n) is 3.56. The number of carbonyl (C=O) groups is 2. The zero-order chi connectivity index (χ0) is 17.0. The van der Waals surface area contributed by atoms with Crippen molar-refractivity contribution in [2.24, 2.45) is 0 Å². The van der Waals surface area contributed by atoms with Gasteiger partial charge in [0.15, 0.2) is 0 Å². The molecule has 0 aromatic heterocycles. The Morgan fingerprint density at radius 1 is 1.43 bits per heavy atom. The molecule has 0 saturated carbocycles. The summed E-state index contributed by atoms with van der Waals surface area (Å²) in [6.45, 7) is 5.59. The van der Waals surface area contributed by atoms with Crippen LogP contribution in [-0.4, -0.2) is 40.0 Å². The quantitative estimate of drug-likeness (QED) is 0.771. The van der Waals surface area contributed by atoms with Crippen LogP contribution >= 0.6 is 11.8 Å². The van der Waals surface area contributed by atoms with E-state index in [0.29, 0.717) is 5.75 Å². The van der Waals surface area contributed by atoms with Crippen LogP contribution in [0.4, 0.5) is 4.39 Å². The molecular weight excluding hydrogens is 317 g/mol. The van der Waals surface area contributed by atoms with Gasteiger partial charge in [0.25, 0.3) is 5.91 Å². The maximum atomic E-state index is 13.4. The van der Waals surface area contributed by atoms with Crippen molar-refractivity contribution in [2.75, 3.05) is 5.75 Å². The second-order valence-electron chi connectivity index (χ2n) is 5.80. The van der Waals surface area contributed by atoms with Gasteiger partial charge < -0.3 is 9.64 Å². The molecule has 0 radical (unpaired) electrons. The van der Waals surface area contributed by atoms with Crippen molar-refractivity contribution >= 4 is 23.6 Å². The van der Waals surface area contributed by atoms with E-state index < -0.39 is 17.8 Å². The Kier molecular flexibility index (Phi) is 6.04. The Morgan fingerprint density at radius 3 is 2.78 bits per heavy atom. The molecule has 126 valence electrons. The van der Waals surface area contributed by atoms with E-state index in [1.165, 1.54) is 18.2 Å². The van der Waals surface area contributed by atoms with Gasteiger partial charge in [-0.2, -0.15) is 0 Å². The van der Waals surface area contributed by atoms with Gasteiger partial charge in [-0.15, -0.1) is 11.8 Å². The molecule has 2 rings (SSSR count). The molecule has 2 unspecified atom stereocenters. The average Bonchev–Trinajstić information content (AvgIpc) is 2.90. The molecule has 0 bridgehead atoms. The van der Waals surface area contributed by atoms with Crippen LogP contribution in [0.25, 0.3) is 0 Å². The summed E-state index contributed by atoms with van der Waals surface area (Å²) in [6.07, 6.45) is 1.46. The minimum atomic E-state index is -0.616. The summed E-state index contributed by atoms with van der Waals surface area (Å²) in [5, 5.41) is -0.0829. The molecule has 2 atom stereocenters. The standard InChI is InChI=1S/C17H22FNO3S/c1-4-6-15-19(14(10-23-15)17(21)22-11(2)3)16(20)12-7-5-8-13(18)9-12/h5,7-9,11,14-15H,4,6,10H2,1-3H3. The number of halogens is 1. The summed E-state index contributed by atoms with van der Waals surface area (Å²) in [5.74, 6) is -0.664. The van der Waals surface area contributed by atoms with Crippen LogP contribution in [0.15, 0.2) is 24.3 Å². The van der Waals surface area contributed by atoms with Gasteiger partial charge in [-0.1, -0.05) is 19.4 Å². The highest BCUT2D eigenvalue weighted by atomic mass is 32.2. The molecule has 4 nitrogen and oxygen atoms in total. The lowest BCUT2D eigenvalue weighted by Gasteiger charge is -2.28. The number of hydrogen-bond donors (Lipinski definition) is 0. The molecule has 1 aromatic rings. The van der Waals surface area contributed by atoms with Gasteiger partial charge in [0.2, 0.25) is 0 Å². The molecule has 1 saturated heterocycles. The first-order valence-electron chi connectivity index (χ1n) is 7.84. The maximum absolute atomic E-state index is 13.4. The number of ether oxygens (including phenoxy) is 1. The predicted octanol–water partition coefficient (Wildman–Crippen LogP) is 3.46. The van der Waals surface area contributed by atoms with Gasteiger partial charge in [-0.25, -0.2) is 9.18 Å². The highest BCUT2D eigenvalue weighted by Gasteiger charge is 2.42. The molecule has 1 amide bonds. The van der Waals surface area contributed by atoms with Crippen LogP contribution < -0.4 is 0 Å². The van der Waals surface area contributed by atoms with Crippen LogP contribution in [0, 0.1) is 5.82 Å². The SMILES string of the molecule is CCCC1SCC(C(=O)OC(C)C)N1C(=O)c1cccc(F)c1. The van der Waals surface area contributed by atoms with E-state index in [0.717, 1.165) is 12.8 Å². The Hall–Kier alpha value is -1.56. The Morgan fingerprint density at radius 2 is 2.17 bits per heavy atom. The monoisotopic (exact) mass is 339 g/mol. The van der Waals surface area contributed by atoms with Crippen LogP contribution in [0.5, 0.6) is 0 Å². The molecular formula is C17H22FNO3S. The second-order valence-corrected chi connectivity index (χ2v) is 7.01. The van der Waals surface area contributed by atoms with Gasteiger partial charge in [0.1, 0.15) is 11.9 Å². The smallest absolute Gasteiger partial charge is 0.330 e. The van der Waals surface area contributed by atoms with E-state index in [4.69, 9.17) is 4.74 Å². The van der Waals surface area contributed by atoms with Gasteiger partial charge in [0.05, 0.1) is 11.5 Å². The number of esters is 1. The minimum Gasteiger partial charge on any atom is -0.461 e. The van der Waals surface area contributed by atoms with Gasteiger partial charge in [-0.05, 0) is 38.5 Å². The lowest BCUT2D eigenvalue weighted by Crippen LogP contribution is -2.46. The summed E-state index contributed by atoms with van der Waals surface area (Å²) in [7, 11) is 0. The molecule has 1 fully saturated rings. The normalized spacial score (nSPS) is 20.8. The largest absolute Gasteiger partial charge is 0.461 e. The summed E-state index contributed by atoms with van der Waals surface area (Å²) >= 11 is 1.58. The van der Waals surface area contributed by atoms with E-state index in [9.17, 15) is 14.0 Å². The fourth-order valence-electron chi connectivity index (χ4n) is 2.57. The number of benzene rings is 1. The predicted molar refractivity (Wildman–Crippen MR) is 88.7 cm³/mol. The highest BCUT2D eigenvalue weighted by Crippen LogP contribution is 2.34.